The van der Waals surface area contributed by atoms with Crippen molar-refractivity contribution in [3.05, 3.63) is 29.8 Å². The van der Waals surface area contributed by atoms with Gasteiger partial charge < -0.3 is 14.6 Å². The minimum absolute atomic E-state index is 0.0960. The number of aliphatic hydroxyl groups is 1. The van der Waals surface area contributed by atoms with Crippen LogP contribution < -0.4 is 4.74 Å². The highest BCUT2D eigenvalue weighted by Gasteiger charge is 2.32. The van der Waals surface area contributed by atoms with Crippen molar-refractivity contribution in [2.24, 2.45) is 0 Å². The standard InChI is InChI=1S/C12H15F3O3/c1-8(17-2)7-10(16)9-5-3-4-6-11(9)18-12(13,14)15/h3-6,8,10,16H,7H2,1-2H3. The van der Waals surface area contributed by atoms with E-state index in [0.717, 1.165) is 0 Å². The molecular weight excluding hydrogens is 249 g/mol. The molecule has 0 fully saturated rings. The van der Waals surface area contributed by atoms with Gasteiger partial charge in [0.2, 0.25) is 0 Å². The number of alkyl halides is 3. The van der Waals surface area contributed by atoms with Crippen LogP contribution in [-0.4, -0.2) is 24.7 Å². The summed E-state index contributed by atoms with van der Waals surface area (Å²) in [5, 5.41) is 9.87. The van der Waals surface area contributed by atoms with Gasteiger partial charge in [-0.2, -0.15) is 0 Å². The molecule has 1 aromatic carbocycles. The first-order chi connectivity index (χ1) is 8.33. The molecule has 1 N–H and O–H groups in total. The molecule has 0 saturated carbocycles. The molecule has 3 nitrogen and oxygen atoms in total. The molecule has 102 valence electrons. The van der Waals surface area contributed by atoms with Gasteiger partial charge in [-0.3, -0.25) is 0 Å². The first kappa shape index (κ1) is 14.8. The van der Waals surface area contributed by atoms with Crippen LogP contribution in [0.4, 0.5) is 13.2 Å². The third-order valence-corrected chi connectivity index (χ3v) is 2.46. The highest BCUT2D eigenvalue weighted by atomic mass is 19.4. The van der Waals surface area contributed by atoms with Crippen LogP contribution in [0.3, 0.4) is 0 Å². The number of aliphatic hydroxyl groups excluding tert-OH is 1. The van der Waals surface area contributed by atoms with Crippen molar-refractivity contribution in [2.75, 3.05) is 7.11 Å². The third kappa shape index (κ3) is 4.54. The Bertz CT molecular complexity index is 379. The van der Waals surface area contributed by atoms with Crippen LogP contribution in [0.25, 0.3) is 0 Å². The quantitative estimate of drug-likeness (QED) is 0.888. The van der Waals surface area contributed by atoms with Crippen molar-refractivity contribution in [1.82, 2.24) is 0 Å². The summed E-state index contributed by atoms with van der Waals surface area (Å²) in [7, 11) is 1.47. The normalized spacial score (nSPS) is 15.2. The van der Waals surface area contributed by atoms with E-state index in [9.17, 15) is 18.3 Å². The Morgan fingerprint density at radius 1 is 1.28 bits per heavy atom. The summed E-state index contributed by atoms with van der Waals surface area (Å²) in [6.07, 6.45) is -5.92. The average molecular weight is 264 g/mol. The topological polar surface area (TPSA) is 38.7 Å². The largest absolute Gasteiger partial charge is 0.573 e. The lowest BCUT2D eigenvalue weighted by atomic mass is 10.0. The molecular formula is C12H15F3O3. The van der Waals surface area contributed by atoms with Gasteiger partial charge in [-0.1, -0.05) is 18.2 Å². The fourth-order valence-corrected chi connectivity index (χ4v) is 1.51. The molecule has 2 unspecified atom stereocenters. The second-order valence-electron chi connectivity index (χ2n) is 3.88. The number of methoxy groups -OCH3 is 1. The molecule has 0 amide bonds. The molecule has 0 spiro atoms. The zero-order valence-electron chi connectivity index (χ0n) is 10.1. The molecule has 0 bridgehead atoms. The highest BCUT2D eigenvalue weighted by Crippen LogP contribution is 2.32. The number of hydrogen-bond acceptors (Lipinski definition) is 3. The van der Waals surface area contributed by atoms with Crippen LogP contribution in [0.5, 0.6) is 5.75 Å². The molecule has 18 heavy (non-hydrogen) atoms. The van der Waals surface area contributed by atoms with Crippen LogP contribution in [-0.2, 0) is 4.74 Å². The average Bonchev–Trinajstić information content (AvgIpc) is 2.27. The fourth-order valence-electron chi connectivity index (χ4n) is 1.51. The summed E-state index contributed by atoms with van der Waals surface area (Å²) in [6, 6.07) is 5.52. The zero-order valence-corrected chi connectivity index (χ0v) is 10.1. The minimum Gasteiger partial charge on any atom is -0.405 e. The molecule has 2 atom stereocenters. The molecule has 6 heteroatoms. The van der Waals surface area contributed by atoms with E-state index in [1.54, 1.807) is 13.0 Å². The van der Waals surface area contributed by atoms with E-state index in [-0.39, 0.29) is 23.8 Å². The maximum atomic E-state index is 12.2. The maximum absolute atomic E-state index is 12.2. The number of hydrogen-bond donors (Lipinski definition) is 1. The van der Waals surface area contributed by atoms with Gasteiger partial charge in [0.1, 0.15) is 5.75 Å². The molecule has 0 aliphatic rings. The molecule has 0 aromatic heterocycles. The van der Waals surface area contributed by atoms with Crippen molar-refractivity contribution in [2.45, 2.75) is 31.9 Å². The van der Waals surface area contributed by atoms with Crippen LogP contribution in [0.2, 0.25) is 0 Å². The van der Waals surface area contributed by atoms with Gasteiger partial charge in [-0.15, -0.1) is 13.2 Å². The van der Waals surface area contributed by atoms with Gasteiger partial charge in [0.25, 0.3) is 0 Å². The number of ether oxygens (including phenoxy) is 2. The second-order valence-corrected chi connectivity index (χ2v) is 3.88. The summed E-state index contributed by atoms with van der Waals surface area (Å²) < 4.78 is 45.4. The van der Waals surface area contributed by atoms with Crippen LogP contribution >= 0.6 is 0 Å². The van der Waals surface area contributed by atoms with Gasteiger partial charge in [-0.05, 0) is 13.0 Å². The SMILES string of the molecule is COC(C)CC(O)c1ccccc1OC(F)(F)F. The van der Waals surface area contributed by atoms with Gasteiger partial charge >= 0.3 is 6.36 Å². The molecule has 1 aromatic rings. The summed E-state index contributed by atoms with van der Waals surface area (Å²) in [6.45, 7) is 1.72. The Hall–Kier alpha value is -1.27. The summed E-state index contributed by atoms with van der Waals surface area (Å²) in [4.78, 5) is 0. The van der Waals surface area contributed by atoms with E-state index >= 15 is 0 Å². The predicted molar refractivity (Wildman–Crippen MR) is 59.2 cm³/mol. The Morgan fingerprint density at radius 2 is 1.89 bits per heavy atom. The lowest BCUT2D eigenvalue weighted by molar-refractivity contribution is -0.275. The second kappa shape index (κ2) is 6.06. The molecule has 1 rings (SSSR count). The smallest absolute Gasteiger partial charge is 0.405 e. The molecule has 0 radical (unpaired) electrons. The number of rotatable bonds is 5. The zero-order chi connectivity index (χ0) is 13.8. The highest BCUT2D eigenvalue weighted by molar-refractivity contribution is 5.35. The fraction of sp³-hybridized carbons (Fsp3) is 0.500. The first-order valence-corrected chi connectivity index (χ1v) is 5.39. The van der Waals surface area contributed by atoms with Crippen LogP contribution in [0.15, 0.2) is 24.3 Å². The van der Waals surface area contributed by atoms with Crippen molar-refractivity contribution in [1.29, 1.82) is 0 Å². The molecule has 0 saturated heterocycles. The van der Waals surface area contributed by atoms with Gasteiger partial charge in [0.05, 0.1) is 12.2 Å². The summed E-state index contributed by atoms with van der Waals surface area (Å²) in [5.41, 5.74) is 0.0960. The molecule has 0 aliphatic carbocycles. The minimum atomic E-state index is -4.78. The van der Waals surface area contributed by atoms with Crippen molar-refractivity contribution in [3.63, 3.8) is 0 Å². The first-order valence-electron chi connectivity index (χ1n) is 5.39. The molecule has 0 heterocycles. The summed E-state index contributed by atoms with van der Waals surface area (Å²) in [5.74, 6) is -0.388. The van der Waals surface area contributed by atoms with Crippen LogP contribution in [0.1, 0.15) is 25.0 Å². The lowest BCUT2D eigenvalue weighted by Gasteiger charge is -2.19. The van der Waals surface area contributed by atoms with E-state index in [2.05, 4.69) is 4.74 Å². The van der Waals surface area contributed by atoms with E-state index in [1.807, 2.05) is 0 Å². The Morgan fingerprint density at radius 3 is 2.44 bits per heavy atom. The number of halogens is 3. The number of benzene rings is 1. The van der Waals surface area contributed by atoms with E-state index in [4.69, 9.17) is 4.74 Å². The Balaban J connectivity index is 2.87. The van der Waals surface area contributed by atoms with Gasteiger partial charge in [0, 0.05) is 19.1 Å². The van der Waals surface area contributed by atoms with Crippen LogP contribution in [0, 0.1) is 0 Å². The van der Waals surface area contributed by atoms with Crippen molar-refractivity contribution in [3.8, 4) is 5.75 Å². The Kier molecular flexibility index (Phi) is 4.98. The van der Waals surface area contributed by atoms with Crippen molar-refractivity contribution < 1.29 is 27.8 Å². The van der Waals surface area contributed by atoms with Crippen molar-refractivity contribution >= 4 is 0 Å². The maximum Gasteiger partial charge on any atom is 0.573 e. The molecule has 0 aliphatic heterocycles. The summed E-state index contributed by atoms with van der Waals surface area (Å²) >= 11 is 0. The monoisotopic (exact) mass is 264 g/mol. The van der Waals surface area contributed by atoms with E-state index < -0.39 is 12.5 Å². The predicted octanol–water partition coefficient (Wildman–Crippen LogP) is 3.04. The van der Waals surface area contributed by atoms with E-state index in [1.165, 1.54) is 25.3 Å². The van der Waals surface area contributed by atoms with Gasteiger partial charge in [-0.25, -0.2) is 0 Å². The lowest BCUT2D eigenvalue weighted by Crippen LogP contribution is -2.19. The van der Waals surface area contributed by atoms with Gasteiger partial charge in [0.15, 0.2) is 0 Å². The third-order valence-electron chi connectivity index (χ3n) is 2.46. The number of para-hydroxylation sites is 1. The Labute approximate surface area is 103 Å². The van der Waals surface area contributed by atoms with E-state index in [0.29, 0.717) is 0 Å².